The number of hydrogen-bond donors (Lipinski definition) is 1. The van der Waals surface area contributed by atoms with Gasteiger partial charge in [-0.2, -0.15) is 9.46 Å². The molecule has 0 spiro atoms. The first-order chi connectivity index (χ1) is 18.7. The molecule has 0 aliphatic carbocycles. The lowest BCUT2D eigenvalue weighted by molar-refractivity contribution is 0.181. The van der Waals surface area contributed by atoms with Crippen molar-refractivity contribution in [3.8, 4) is 22.8 Å². The van der Waals surface area contributed by atoms with E-state index in [1.807, 2.05) is 0 Å². The number of rotatable bonds is 3. The molecule has 198 valence electrons. The summed E-state index contributed by atoms with van der Waals surface area (Å²) in [5.74, 6) is -5.20. The normalized spacial score (nSPS) is 11.1. The van der Waals surface area contributed by atoms with Crippen LogP contribution >= 0.6 is 0 Å². The number of benzene rings is 2. The van der Waals surface area contributed by atoms with Crippen LogP contribution in [-0.4, -0.2) is 41.7 Å². The van der Waals surface area contributed by atoms with Crippen LogP contribution in [-0.2, 0) is 0 Å². The minimum Gasteiger partial charge on any atom is -0.426 e. The molecular weight excluding hydrogens is 530 g/mol. The number of halogens is 6. The Hall–Kier alpha value is -5.14. The summed E-state index contributed by atoms with van der Waals surface area (Å²) in [6.45, 7) is 0. The Morgan fingerprint density at radius 2 is 1.08 bits per heavy atom. The summed E-state index contributed by atoms with van der Waals surface area (Å²) in [7, 11) is 1.35. The zero-order valence-corrected chi connectivity index (χ0v) is 19.6. The van der Waals surface area contributed by atoms with Crippen molar-refractivity contribution < 1.29 is 36.4 Å². The van der Waals surface area contributed by atoms with Gasteiger partial charge in [-0.05, 0) is 12.1 Å². The van der Waals surface area contributed by atoms with Crippen molar-refractivity contribution in [2.75, 3.05) is 7.11 Å². The third-order valence-electron chi connectivity index (χ3n) is 5.44. The molecule has 0 saturated carbocycles. The molecule has 2 aromatic carbocycles. The van der Waals surface area contributed by atoms with Gasteiger partial charge in [0, 0.05) is 47.8 Å². The van der Waals surface area contributed by atoms with Crippen LogP contribution in [0.3, 0.4) is 0 Å². The van der Waals surface area contributed by atoms with Gasteiger partial charge in [-0.25, -0.2) is 36.3 Å². The average Bonchev–Trinajstić information content (AvgIpc) is 3.42. The summed E-state index contributed by atoms with van der Waals surface area (Å²) in [6, 6.07) is 5.90. The molecule has 6 rings (SSSR count). The summed E-state index contributed by atoms with van der Waals surface area (Å²) in [5.41, 5.74) is 1.01. The van der Waals surface area contributed by atoms with Gasteiger partial charge in [-0.3, -0.25) is 9.97 Å². The van der Waals surface area contributed by atoms with E-state index >= 15 is 0 Å². The van der Waals surface area contributed by atoms with Crippen LogP contribution in [0.25, 0.3) is 44.8 Å². The summed E-state index contributed by atoms with van der Waals surface area (Å²) >= 11 is 0. The van der Waals surface area contributed by atoms with E-state index in [2.05, 4.69) is 19.9 Å². The summed E-state index contributed by atoms with van der Waals surface area (Å²) in [6.07, 6.45) is 4.70. The van der Waals surface area contributed by atoms with Gasteiger partial charge in [-0.1, -0.05) is 0 Å². The zero-order valence-electron chi connectivity index (χ0n) is 19.6. The Kier molecular flexibility index (Phi) is 6.52. The van der Waals surface area contributed by atoms with Crippen LogP contribution in [0.15, 0.2) is 61.2 Å². The van der Waals surface area contributed by atoms with Crippen molar-refractivity contribution in [2.45, 2.75) is 0 Å². The predicted octanol–water partition coefficient (Wildman–Crippen LogP) is 5.33. The third-order valence-corrected chi connectivity index (χ3v) is 5.44. The Morgan fingerprint density at radius 1 is 0.615 bits per heavy atom. The SMILES string of the molecule is COn1c(-c2cncc(F)c2)nc2cc(F)c(F)cc21.On1c(-c2cncc(F)c2)nc2cc(F)c(F)cc21. The fourth-order valence-electron chi connectivity index (χ4n) is 3.73. The van der Waals surface area contributed by atoms with E-state index in [4.69, 9.17) is 4.84 Å². The average molecular weight is 544 g/mol. The topological polar surface area (TPSA) is 90.9 Å². The monoisotopic (exact) mass is 544 g/mol. The molecule has 0 saturated heterocycles. The molecule has 0 amide bonds. The third kappa shape index (κ3) is 4.79. The van der Waals surface area contributed by atoms with Crippen LogP contribution < -0.4 is 4.84 Å². The van der Waals surface area contributed by atoms with E-state index in [-0.39, 0.29) is 39.3 Å². The lowest BCUT2D eigenvalue weighted by Gasteiger charge is -2.06. The first kappa shape index (κ1) is 25.5. The van der Waals surface area contributed by atoms with Crippen molar-refractivity contribution in [3.63, 3.8) is 0 Å². The summed E-state index contributed by atoms with van der Waals surface area (Å²) in [4.78, 5) is 20.5. The minimum absolute atomic E-state index is 0.0156. The van der Waals surface area contributed by atoms with Crippen molar-refractivity contribution in [1.29, 1.82) is 0 Å². The molecule has 0 atom stereocenters. The summed E-state index contributed by atoms with van der Waals surface area (Å²) < 4.78 is 80.7. The van der Waals surface area contributed by atoms with E-state index in [0.717, 1.165) is 42.7 Å². The second-order valence-corrected chi connectivity index (χ2v) is 7.95. The molecular formula is C25H14F6N6O2. The molecule has 0 aliphatic rings. The molecule has 8 nitrogen and oxygen atoms in total. The number of imidazole rings is 2. The molecule has 0 aliphatic heterocycles. The largest absolute Gasteiger partial charge is 0.426 e. The van der Waals surface area contributed by atoms with Gasteiger partial charge in [0.05, 0.1) is 23.4 Å². The zero-order chi connectivity index (χ0) is 27.8. The Labute approximate surface area is 214 Å². The molecule has 6 aromatic rings. The molecule has 4 aromatic heterocycles. The number of aromatic nitrogens is 6. The highest BCUT2D eigenvalue weighted by Crippen LogP contribution is 2.26. The molecule has 14 heteroatoms. The predicted molar refractivity (Wildman–Crippen MR) is 125 cm³/mol. The second-order valence-electron chi connectivity index (χ2n) is 7.95. The fraction of sp³-hybridized carbons (Fsp3) is 0.0400. The van der Waals surface area contributed by atoms with Crippen LogP contribution in [0, 0.1) is 34.9 Å². The number of hydrogen-bond acceptors (Lipinski definition) is 6. The lowest BCUT2D eigenvalue weighted by Crippen LogP contribution is -2.07. The van der Waals surface area contributed by atoms with Crippen molar-refractivity contribution in [2.24, 2.45) is 0 Å². The van der Waals surface area contributed by atoms with Crippen LogP contribution in [0.5, 0.6) is 0 Å². The first-order valence-corrected chi connectivity index (χ1v) is 10.9. The highest BCUT2D eigenvalue weighted by molar-refractivity contribution is 5.81. The van der Waals surface area contributed by atoms with Gasteiger partial charge in [0.15, 0.2) is 34.9 Å². The Balaban J connectivity index is 0.000000158. The number of nitrogens with zero attached hydrogens (tertiary/aromatic N) is 6. The van der Waals surface area contributed by atoms with Gasteiger partial charge in [-0.15, -0.1) is 0 Å². The molecule has 1 N–H and O–H groups in total. The van der Waals surface area contributed by atoms with Crippen LogP contribution in [0.1, 0.15) is 0 Å². The maximum Gasteiger partial charge on any atom is 0.178 e. The van der Waals surface area contributed by atoms with E-state index in [9.17, 15) is 31.5 Å². The molecule has 0 bridgehead atoms. The highest BCUT2D eigenvalue weighted by Gasteiger charge is 2.18. The lowest BCUT2D eigenvalue weighted by atomic mass is 10.3. The van der Waals surface area contributed by atoms with Crippen LogP contribution in [0.2, 0.25) is 0 Å². The van der Waals surface area contributed by atoms with Crippen LogP contribution in [0.4, 0.5) is 26.3 Å². The van der Waals surface area contributed by atoms with Crippen molar-refractivity contribution >= 4 is 22.1 Å². The smallest absolute Gasteiger partial charge is 0.178 e. The van der Waals surface area contributed by atoms with Gasteiger partial charge in [0.1, 0.15) is 29.8 Å². The number of fused-ring (bicyclic) bond motifs is 2. The molecule has 0 fully saturated rings. The standard InChI is InChI=1S/C13H8F3N3O.C12H6F3N3O/c1-20-19-12-4-10(16)9(15)3-11(12)18-13(19)7-2-8(14)6-17-5-7;13-7-1-6(4-16-5-7)12-17-10-2-8(14)9(15)3-11(10)18(12)19/h2-6H,1H3;1-5,19H. The molecule has 0 radical (unpaired) electrons. The van der Waals surface area contributed by atoms with E-state index in [1.165, 1.54) is 30.3 Å². The van der Waals surface area contributed by atoms with Gasteiger partial charge < -0.3 is 10.0 Å². The molecule has 39 heavy (non-hydrogen) atoms. The highest BCUT2D eigenvalue weighted by atomic mass is 19.2. The number of pyridine rings is 2. The van der Waals surface area contributed by atoms with Crippen molar-refractivity contribution in [3.05, 3.63) is 96.1 Å². The first-order valence-electron chi connectivity index (χ1n) is 10.9. The fourth-order valence-corrected chi connectivity index (χ4v) is 3.73. The quantitative estimate of drug-likeness (QED) is 0.239. The maximum absolute atomic E-state index is 13.3. The Bertz CT molecular complexity index is 1860. The molecule has 0 unspecified atom stereocenters. The van der Waals surface area contributed by atoms with Gasteiger partial charge in [0.2, 0.25) is 0 Å². The minimum atomic E-state index is -1.10. The van der Waals surface area contributed by atoms with Crippen molar-refractivity contribution in [1.82, 2.24) is 29.4 Å². The summed E-state index contributed by atoms with van der Waals surface area (Å²) in [5, 5.41) is 9.86. The Morgan fingerprint density at radius 3 is 1.62 bits per heavy atom. The van der Waals surface area contributed by atoms with E-state index in [1.54, 1.807) is 0 Å². The van der Waals surface area contributed by atoms with E-state index in [0.29, 0.717) is 10.3 Å². The molecule has 4 heterocycles. The van der Waals surface area contributed by atoms with Gasteiger partial charge >= 0.3 is 0 Å². The van der Waals surface area contributed by atoms with E-state index < -0.39 is 34.9 Å². The van der Waals surface area contributed by atoms with Gasteiger partial charge in [0.25, 0.3) is 0 Å². The maximum atomic E-state index is 13.3. The second kappa shape index (κ2) is 9.96.